The van der Waals surface area contributed by atoms with Crippen molar-refractivity contribution >= 4 is 21.9 Å². The second-order valence-electron chi connectivity index (χ2n) is 3.85. The van der Waals surface area contributed by atoms with Crippen molar-refractivity contribution in [2.45, 2.75) is 11.5 Å². The highest BCUT2D eigenvalue weighted by molar-refractivity contribution is 9.08. The summed E-state index contributed by atoms with van der Waals surface area (Å²) < 4.78 is 42.3. The third kappa shape index (κ3) is 2.69. The number of carbonyl (C=O) groups is 1. The molecule has 0 aliphatic rings. The van der Waals surface area contributed by atoms with E-state index in [1.54, 1.807) is 0 Å². The standard InChI is InChI=1S/C12H7BrF3NO3/c13-5-8-9(11(18)19)17-20-10(8)6-1-3-7(4-2-6)12(14,15)16/h1-4H,5H2,(H,18,19). The zero-order valence-electron chi connectivity index (χ0n) is 9.74. The third-order valence-electron chi connectivity index (χ3n) is 2.60. The predicted octanol–water partition coefficient (Wildman–Crippen LogP) is 3.95. The smallest absolute Gasteiger partial charge is 0.416 e. The van der Waals surface area contributed by atoms with Gasteiger partial charge in [-0.1, -0.05) is 33.2 Å². The van der Waals surface area contributed by atoms with Gasteiger partial charge in [-0.15, -0.1) is 0 Å². The first-order valence-electron chi connectivity index (χ1n) is 5.30. The number of alkyl halides is 4. The Morgan fingerprint density at radius 3 is 2.35 bits per heavy atom. The second-order valence-corrected chi connectivity index (χ2v) is 4.41. The Morgan fingerprint density at radius 2 is 1.90 bits per heavy atom. The van der Waals surface area contributed by atoms with E-state index in [1.807, 2.05) is 0 Å². The monoisotopic (exact) mass is 349 g/mol. The summed E-state index contributed by atoms with van der Waals surface area (Å²) in [6.07, 6.45) is -4.43. The van der Waals surface area contributed by atoms with Crippen LogP contribution in [0.1, 0.15) is 21.6 Å². The minimum absolute atomic E-state index is 0.132. The molecule has 1 N–H and O–H groups in total. The van der Waals surface area contributed by atoms with Gasteiger partial charge in [-0.25, -0.2) is 4.79 Å². The van der Waals surface area contributed by atoms with E-state index in [0.29, 0.717) is 5.56 Å². The molecule has 1 heterocycles. The Morgan fingerprint density at radius 1 is 1.30 bits per heavy atom. The first kappa shape index (κ1) is 14.6. The maximum atomic E-state index is 12.5. The van der Waals surface area contributed by atoms with E-state index in [2.05, 4.69) is 21.1 Å². The number of aromatic carboxylic acids is 1. The van der Waals surface area contributed by atoms with Crippen LogP contribution in [0.25, 0.3) is 11.3 Å². The summed E-state index contributed by atoms with van der Waals surface area (Å²) in [5, 5.41) is 12.5. The number of benzene rings is 1. The van der Waals surface area contributed by atoms with Crippen molar-refractivity contribution in [2.24, 2.45) is 0 Å². The average Bonchev–Trinajstić information content (AvgIpc) is 2.81. The molecule has 0 unspecified atom stereocenters. The van der Waals surface area contributed by atoms with Crippen LogP contribution in [-0.2, 0) is 11.5 Å². The Labute approximate surface area is 119 Å². The summed E-state index contributed by atoms with van der Waals surface area (Å²) in [6.45, 7) is 0. The first-order chi connectivity index (χ1) is 9.34. The van der Waals surface area contributed by atoms with Crippen LogP contribution in [0.3, 0.4) is 0 Å². The van der Waals surface area contributed by atoms with Gasteiger partial charge in [0.05, 0.1) is 5.56 Å². The molecule has 0 saturated heterocycles. The Bertz CT molecular complexity index is 634. The molecular formula is C12H7BrF3NO3. The van der Waals surface area contributed by atoms with Gasteiger partial charge in [0.1, 0.15) is 0 Å². The number of halogens is 4. The van der Waals surface area contributed by atoms with Crippen molar-refractivity contribution < 1.29 is 27.6 Å². The number of aromatic nitrogens is 1. The Kier molecular flexibility index (Phi) is 3.85. The highest BCUT2D eigenvalue weighted by atomic mass is 79.9. The first-order valence-corrected chi connectivity index (χ1v) is 6.42. The Balaban J connectivity index is 2.45. The fourth-order valence-corrected chi connectivity index (χ4v) is 2.16. The van der Waals surface area contributed by atoms with E-state index in [0.717, 1.165) is 12.1 Å². The van der Waals surface area contributed by atoms with Gasteiger partial charge < -0.3 is 9.63 Å². The molecule has 0 saturated carbocycles. The van der Waals surface area contributed by atoms with Crippen molar-refractivity contribution in [3.8, 4) is 11.3 Å². The third-order valence-corrected chi connectivity index (χ3v) is 3.16. The molecular weight excluding hydrogens is 343 g/mol. The van der Waals surface area contributed by atoms with Crippen LogP contribution in [0.2, 0.25) is 0 Å². The fourth-order valence-electron chi connectivity index (χ4n) is 1.64. The lowest BCUT2D eigenvalue weighted by molar-refractivity contribution is -0.137. The van der Waals surface area contributed by atoms with Crippen molar-refractivity contribution in [3.63, 3.8) is 0 Å². The molecule has 106 valence electrons. The number of carboxylic acids is 1. The molecule has 0 radical (unpaired) electrons. The van der Waals surface area contributed by atoms with Gasteiger partial charge >= 0.3 is 12.1 Å². The quantitative estimate of drug-likeness (QED) is 0.852. The van der Waals surface area contributed by atoms with Crippen LogP contribution < -0.4 is 0 Å². The van der Waals surface area contributed by atoms with E-state index in [1.165, 1.54) is 12.1 Å². The van der Waals surface area contributed by atoms with Gasteiger partial charge in [0.2, 0.25) is 0 Å². The number of nitrogens with zero attached hydrogens (tertiary/aromatic N) is 1. The molecule has 4 nitrogen and oxygen atoms in total. The van der Waals surface area contributed by atoms with Crippen molar-refractivity contribution in [2.75, 3.05) is 0 Å². The number of carboxylic acid groups (broad SMARTS) is 1. The minimum atomic E-state index is -4.43. The molecule has 0 atom stereocenters. The van der Waals surface area contributed by atoms with E-state index in [4.69, 9.17) is 9.63 Å². The largest absolute Gasteiger partial charge is 0.476 e. The van der Waals surface area contributed by atoms with Crippen LogP contribution in [-0.4, -0.2) is 16.2 Å². The minimum Gasteiger partial charge on any atom is -0.476 e. The zero-order chi connectivity index (χ0) is 14.9. The van der Waals surface area contributed by atoms with Crippen LogP contribution in [0.15, 0.2) is 28.8 Å². The van der Waals surface area contributed by atoms with Gasteiger partial charge in [0.15, 0.2) is 11.5 Å². The van der Waals surface area contributed by atoms with Gasteiger partial charge in [-0.3, -0.25) is 0 Å². The summed E-state index contributed by atoms with van der Waals surface area (Å²) in [5.41, 5.74) is -0.457. The molecule has 20 heavy (non-hydrogen) atoms. The maximum absolute atomic E-state index is 12.5. The number of hydrogen-bond donors (Lipinski definition) is 1. The van der Waals surface area contributed by atoms with Crippen LogP contribution in [0.4, 0.5) is 13.2 Å². The van der Waals surface area contributed by atoms with Crippen molar-refractivity contribution in [1.82, 2.24) is 5.16 Å². The molecule has 0 aliphatic carbocycles. The van der Waals surface area contributed by atoms with Gasteiger partial charge in [0, 0.05) is 16.5 Å². The second kappa shape index (κ2) is 5.28. The number of rotatable bonds is 3. The highest BCUT2D eigenvalue weighted by Crippen LogP contribution is 2.33. The maximum Gasteiger partial charge on any atom is 0.416 e. The van der Waals surface area contributed by atoms with Crippen LogP contribution >= 0.6 is 15.9 Å². The normalized spacial score (nSPS) is 11.6. The van der Waals surface area contributed by atoms with Crippen LogP contribution in [0, 0.1) is 0 Å². The average molecular weight is 350 g/mol. The zero-order valence-corrected chi connectivity index (χ0v) is 11.3. The van der Waals surface area contributed by atoms with E-state index in [-0.39, 0.29) is 22.3 Å². The summed E-state index contributed by atoms with van der Waals surface area (Å²) in [5.74, 6) is -1.13. The SMILES string of the molecule is O=C(O)c1noc(-c2ccc(C(F)(F)F)cc2)c1CBr. The fraction of sp³-hybridized carbons (Fsp3) is 0.167. The molecule has 0 spiro atoms. The summed E-state index contributed by atoms with van der Waals surface area (Å²) >= 11 is 3.11. The van der Waals surface area contributed by atoms with Crippen molar-refractivity contribution in [1.29, 1.82) is 0 Å². The van der Waals surface area contributed by atoms with Gasteiger partial charge in [0.25, 0.3) is 0 Å². The Hall–Kier alpha value is -1.83. The summed E-state index contributed by atoms with van der Waals surface area (Å²) in [7, 11) is 0. The molecule has 2 rings (SSSR count). The predicted molar refractivity (Wildman–Crippen MR) is 66.5 cm³/mol. The lowest BCUT2D eigenvalue weighted by Gasteiger charge is -2.06. The molecule has 0 fully saturated rings. The van der Waals surface area contributed by atoms with E-state index >= 15 is 0 Å². The van der Waals surface area contributed by atoms with Crippen LogP contribution in [0.5, 0.6) is 0 Å². The molecule has 2 aromatic rings. The van der Waals surface area contributed by atoms with E-state index in [9.17, 15) is 18.0 Å². The lowest BCUT2D eigenvalue weighted by Crippen LogP contribution is -2.04. The topological polar surface area (TPSA) is 63.3 Å². The molecule has 0 aliphatic heterocycles. The highest BCUT2D eigenvalue weighted by Gasteiger charge is 2.30. The summed E-state index contributed by atoms with van der Waals surface area (Å²) in [4.78, 5) is 10.9. The molecule has 0 bridgehead atoms. The van der Waals surface area contributed by atoms with Gasteiger partial charge in [-0.05, 0) is 12.1 Å². The van der Waals surface area contributed by atoms with Crippen molar-refractivity contribution in [3.05, 3.63) is 41.1 Å². The lowest BCUT2D eigenvalue weighted by atomic mass is 10.1. The molecule has 0 amide bonds. The number of hydrogen-bond acceptors (Lipinski definition) is 3. The molecule has 1 aromatic carbocycles. The molecule has 8 heteroatoms. The summed E-state index contributed by atoms with van der Waals surface area (Å²) in [6, 6.07) is 4.22. The van der Waals surface area contributed by atoms with Gasteiger partial charge in [-0.2, -0.15) is 13.2 Å². The molecule has 1 aromatic heterocycles. The van der Waals surface area contributed by atoms with E-state index < -0.39 is 17.7 Å².